The maximum Gasteiger partial charge on any atom is 0.243 e. The summed E-state index contributed by atoms with van der Waals surface area (Å²) in [6, 6.07) is 13.8. The van der Waals surface area contributed by atoms with Crippen molar-refractivity contribution in [2.75, 3.05) is 26.3 Å². The van der Waals surface area contributed by atoms with Crippen LogP contribution in [0, 0.1) is 5.92 Å². The average Bonchev–Trinajstić information content (AvgIpc) is 2.79. The highest BCUT2D eigenvalue weighted by Crippen LogP contribution is 2.33. The Hall–Kier alpha value is -2.58. The zero-order valence-electron chi connectivity index (χ0n) is 16.9. The summed E-state index contributed by atoms with van der Waals surface area (Å²) in [6.07, 6.45) is 1.32. The van der Waals surface area contributed by atoms with Crippen molar-refractivity contribution in [3.63, 3.8) is 0 Å². The summed E-state index contributed by atoms with van der Waals surface area (Å²) in [5.41, 5.74) is 0.914. The molecule has 2 aromatic rings. The average molecular weight is 431 g/mol. The third-order valence-corrected chi connectivity index (χ3v) is 7.44. The fraction of sp³-hybridized carbons (Fsp3) is 0.409. The normalized spacial score (nSPS) is 20.4. The second-order valence-electron chi connectivity index (χ2n) is 7.65. The monoisotopic (exact) mass is 430 g/mol. The molecule has 4 rings (SSSR count). The van der Waals surface area contributed by atoms with Gasteiger partial charge in [0.25, 0.3) is 0 Å². The molecule has 2 aromatic carbocycles. The molecule has 0 aromatic heterocycles. The van der Waals surface area contributed by atoms with Gasteiger partial charge in [-0.1, -0.05) is 24.3 Å². The minimum Gasteiger partial charge on any atom is -0.486 e. The lowest BCUT2D eigenvalue weighted by molar-refractivity contribution is -0.126. The lowest BCUT2D eigenvalue weighted by Crippen LogP contribution is -2.45. The first kappa shape index (κ1) is 20.7. The molecule has 2 aliphatic heterocycles. The second kappa shape index (κ2) is 8.65. The number of carbonyl (C=O) groups excluding carboxylic acids is 1. The molecule has 1 fully saturated rings. The Kier molecular flexibility index (Phi) is 5.97. The first-order chi connectivity index (χ1) is 14.4. The van der Waals surface area contributed by atoms with Crippen LogP contribution in [0.4, 0.5) is 0 Å². The zero-order valence-corrected chi connectivity index (χ0v) is 17.7. The van der Waals surface area contributed by atoms with Gasteiger partial charge in [0, 0.05) is 13.1 Å². The highest BCUT2D eigenvalue weighted by atomic mass is 32.2. The van der Waals surface area contributed by atoms with Crippen LogP contribution in [0.3, 0.4) is 0 Å². The molecule has 2 heterocycles. The van der Waals surface area contributed by atoms with E-state index in [9.17, 15) is 13.2 Å². The predicted molar refractivity (Wildman–Crippen MR) is 112 cm³/mol. The molecule has 0 radical (unpaired) electrons. The molecular weight excluding hydrogens is 404 g/mol. The molecule has 1 N–H and O–H groups in total. The van der Waals surface area contributed by atoms with Crippen molar-refractivity contribution in [1.29, 1.82) is 0 Å². The minimum absolute atomic E-state index is 0.134. The minimum atomic E-state index is -3.60. The number of hydrogen-bond donors (Lipinski definition) is 1. The Morgan fingerprint density at radius 3 is 2.60 bits per heavy atom. The third kappa shape index (κ3) is 4.29. The highest BCUT2D eigenvalue weighted by Gasteiger charge is 2.33. The predicted octanol–water partition coefficient (Wildman–Crippen LogP) is 2.74. The van der Waals surface area contributed by atoms with Crippen LogP contribution in [0.1, 0.15) is 31.4 Å². The molecule has 0 saturated carbocycles. The van der Waals surface area contributed by atoms with E-state index in [1.807, 2.05) is 25.1 Å². The summed E-state index contributed by atoms with van der Waals surface area (Å²) in [4.78, 5) is 13.2. The highest BCUT2D eigenvalue weighted by molar-refractivity contribution is 7.89. The quantitative estimate of drug-likeness (QED) is 0.789. The number of piperidine rings is 1. The van der Waals surface area contributed by atoms with Crippen LogP contribution in [-0.2, 0) is 14.8 Å². The number of benzene rings is 2. The number of ether oxygens (including phenoxy) is 2. The first-order valence-electron chi connectivity index (χ1n) is 10.2. The van der Waals surface area contributed by atoms with E-state index in [0.29, 0.717) is 44.1 Å². The van der Waals surface area contributed by atoms with Crippen molar-refractivity contribution in [3.05, 3.63) is 54.1 Å². The molecule has 1 amide bonds. The van der Waals surface area contributed by atoms with Crippen molar-refractivity contribution in [1.82, 2.24) is 9.62 Å². The van der Waals surface area contributed by atoms with Gasteiger partial charge in [0.1, 0.15) is 13.2 Å². The van der Waals surface area contributed by atoms with Gasteiger partial charge in [-0.25, -0.2) is 8.42 Å². The number of rotatable bonds is 5. The lowest BCUT2D eigenvalue weighted by atomic mass is 9.97. The maximum atomic E-state index is 12.9. The van der Waals surface area contributed by atoms with E-state index < -0.39 is 10.0 Å². The maximum absolute atomic E-state index is 12.9. The van der Waals surface area contributed by atoms with E-state index in [2.05, 4.69) is 5.32 Å². The fourth-order valence-corrected chi connectivity index (χ4v) is 5.40. The number of nitrogens with one attached hydrogen (secondary N) is 1. The van der Waals surface area contributed by atoms with Crippen LogP contribution in [0.25, 0.3) is 0 Å². The van der Waals surface area contributed by atoms with Crippen LogP contribution in [0.2, 0.25) is 0 Å². The Balaban J connectivity index is 1.42. The Bertz CT molecular complexity index is 1010. The van der Waals surface area contributed by atoms with Gasteiger partial charge >= 0.3 is 0 Å². The summed E-state index contributed by atoms with van der Waals surface area (Å²) in [6.45, 7) is 3.56. The van der Waals surface area contributed by atoms with Gasteiger partial charge in [0.05, 0.1) is 16.9 Å². The van der Waals surface area contributed by atoms with Gasteiger partial charge in [-0.15, -0.1) is 0 Å². The molecule has 30 heavy (non-hydrogen) atoms. The van der Waals surface area contributed by atoms with E-state index >= 15 is 0 Å². The molecule has 160 valence electrons. The molecule has 0 aliphatic carbocycles. The number of amides is 1. The number of sulfonamides is 1. The van der Waals surface area contributed by atoms with E-state index in [1.165, 1.54) is 4.31 Å². The van der Waals surface area contributed by atoms with Gasteiger partial charge in [0.2, 0.25) is 15.9 Å². The van der Waals surface area contributed by atoms with Gasteiger partial charge < -0.3 is 14.8 Å². The molecular formula is C22H26N2O5S. The lowest BCUT2D eigenvalue weighted by Gasteiger charge is -2.32. The smallest absolute Gasteiger partial charge is 0.243 e. The third-order valence-electron chi connectivity index (χ3n) is 5.56. The van der Waals surface area contributed by atoms with Crippen LogP contribution < -0.4 is 14.8 Å². The van der Waals surface area contributed by atoms with Gasteiger partial charge in [-0.2, -0.15) is 4.31 Å². The van der Waals surface area contributed by atoms with E-state index in [-0.39, 0.29) is 29.3 Å². The molecule has 8 heteroatoms. The van der Waals surface area contributed by atoms with Gasteiger partial charge in [-0.3, -0.25) is 4.79 Å². The topological polar surface area (TPSA) is 84.9 Å². The fourth-order valence-electron chi connectivity index (χ4n) is 3.86. The number of carbonyl (C=O) groups is 1. The van der Waals surface area contributed by atoms with Crippen LogP contribution in [0.5, 0.6) is 11.5 Å². The van der Waals surface area contributed by atoms with Crippen LogP contribution in [-0.4, -0.2) is 44.9 Å². The summed E-state index contributed by atoms with van der Waals surface area (Å²) >= 11 is 0. The van der Waals surface area contributed by atoms with Crippen LogP contribution >= 0.6 is 0 Å². The zero-order chi connectivity index (χ0) is 21.1. The Labute approximate surface area is 177 Å². The Morgan fingerprint density at radius 2 is 1.83 bits per heavy atom. The van der Waals surface area contributed by atoms with E-state index in [0.717, 1.165) is 5.56 Å². The molecule has 7 nitrogen and oxygen atoms in total. The molecule has 0 spiro atoms. The van der Waals surface area contributed by atoms with Crippen molar-refractivity contribution < 1.29 is 22.7 Å². The SMILES string of the molecule is C[C@@H](NC(=O)[C@@H]1CCCN(S(=O)(=O)c2ccccc2)C1)c1ccc2c(c1)OCCO2. The molecule has 0 unspecified atom stereocenters. The molecule has 2 atom stereocenters. The van der Waals surface area contributed by atoms with Gasteiger partial charge in [0.15, 0.2) is 11.5 Å². The van der Waals surface area contributed by atoms with E-state index in [4.69, 9.17) is 9.47 Å². The van der Waals surface area contributed by atoms with Crippen LogP contribution in [0.15, 0.2) is 53.4 Å². The van der Waals surface area contributed by atoms with Gasteiger partial charge in [-0.05, 0) is 49.6 Å². The summed E-state index contributed by atoms with van der Waals surface area (Å²) < 4.78 is 38.4. The largest absolute Gasteiger partial charge is 0.486 e. The molecule has 0 bridgehead atoms. The van der Waals surface area contributed by atoms with Crippen molar-refractivity contribution in [3.8, 4) is 11.5 Å². The first-order valence-corrected chi connectivity index (χ1v) is 11.6. The van der Waals surface area contributed by atoms with Crippen molar-refractivity contribution in [2.45, 2.75) is 30.7 Å². The second-order valence-corrected chi connectivity index (χ2v) is 9.59. The number of hydrogen-bond acceptors (Lipinski definition) is 5. The summed E-state index contributed by atoms with van der Waals surface area (Å²) in [5, 5.41) is 3.03. The molecule has 2 aliphatic rings. The standard InChI is InChI=1S/C22H26N2O5S/c1-16(17-9-10-20-21(14-17)29-13-12-28-20)23-22(25)18-6-5-11-24(15-18)30(26,27)19-7-3-2-4-8-19/h2-4,7-10,14,16,18H,5-6,11-13,15H2,1H3,(H,23,25)/t16-,18-/m1/s1. The summed E-state index contributed by atoms with van der Waals surface area (Å²) in [7, 11) is -3.60. The number of fused-ring (bicyclic) bond motifs is 1. The summed E-state index contributed by atoms with van der Waals surface area (Å²) in [5.74, 6) is 0.873. The van der Waals surface area contributed by atoms with E-state index in [1.54, 1.807) is 30.3 Å². The Morgan fingerprint density at radius 1 is 1.10 bits per heavy atom. The molecule has 1 saturated heterocycles. The number of nitrogens with zero attached hydrogens (tertiary/aromatic N) is 1. The van der Waals surface area contributed by atoms with Crippen molar-refractivity contribution in [2.24, 2.45) is 5.92 Å². The van der Waals surface area contributed by atoms with Crippen molar-refractivity contribution >= 4 is 15.9 Å².